The van der Waals surface area contributed by atoms with E-state index in [1.54, 1.807) is 24.5 Å². The van der Waals surface area contributed by atoms with Crippen molar-refractivity contribution in [1.82, 2.24) is 9.47 Å². The molecular weight excluding hydrogens is 629 g/mol. The minimum Gasteiger partial charge on any atom is -0.494 e. The molecule has 6 aromatic rings. The first-order valence-electron chi connectivity index (χ1n) is 16.8. The van der Waals surface area contributed by atoms with Gasteiger partial charge in [0.15, 0.2) is 5.75 Å². The number of carboxylic acids is 1. The molecule has 6 nitrogen and oxygen atoms in total. The lowest BCUT2D eigenvalue weighted by Gasteiger charge is -2.50. The summed E-state index contributed by atoms with van der Waals surface area (Å²) in [6.07, 6.45) is 3.38. The highest BCUT2D eigenvalue weighted by Gasteiger charge is 2.47. The van der Waals surface area contributed by atoms with Crippen molar-refractivity contribution in [1.29, 1.82) is 0 Å². The third-order valence-electron chi connectivity index (χ3n) is 10.3. The average molecular weight is 667 g/mol. The van der Waals surface area contributed by atoms with Crippen LogP contribution in [-0.4, -0.2) is 34.2 Å². The van der Waals surface area contributed by atoms with Crippen LogP contribution in [-0.2, 0) is 17.5 Å². The highest BCUT2D eigenvalue weighted by Crippen LogP contribution is 2.51. The third kappa shape index (κ3) is 5.03. The number of rotatable bonds is 8. The van der Waals surface area contributed by atoms with Crippen LogP contribution in [0.25, 0.3) is 21.3 Å². The van der Waals surface area contributed by atoms with Gasteiger partial charge in [0, 0.05) is 46.1 Å². The lowest BCUT2D eigenvalue weighted by atomic mass is 9.72. The topological polar surface area (TPSA) is 71.8 Å². The maximum atomic E-state index is 13.4. The van der Waals surface area contributed by atoms with E-state index >= 15 is 0 Å². The van der Waals surface area contributed by atoms with Crippen LogP contribution in [0.15, 0.2) is 120 Å². The van der Waals surface area contributed by atoms with Gasteiger partial charge in [-0.3, -0.25) is 9.69 Å². The van der Waals surface area contributed by atoms with Gasteiger partial charge in [-0.25, -0.2) is 4.79 Å². The largest absolute Gasteiger partial charge is 0.494 e. The van der Waals surface area contributed by atoms with Gasteiger partial charge in [-0.05, 0) is 53.3 Å². The summed E-state index contributed by atoms with van der Waals surface area (Å²) in [5.74, 6) is -0.599. The van der Waals surface area contributed by atoms with E-state index < -0.39 is 16.9 Å². The number of carbonyl (C=O) groups is 1. The zero-order valence-corrected chi connectivity index (χ0v) is 28.7. The van der Waals surface area contributed by atoms with Gasteiger partial charge < -0.3 is 14.4 Å². The summed E-state index contributed by atoms with van der Waals surface area (Å²) < 4.78 is 8.06. The molecule has 0 unspecified atom stereocenters. The Labute approximate surface area is 289 Å². The van der Waals surface area contributed by atoms with Crippen molar-refractivity contribution < 1.29 is 14.6 Å². The molecule has 49 heavy (non-hydrogen) atoms. The fourth-order valence-electron chi connectivity index (χ4n) is 7.98. The monoisotopic (exact) mass is 666 g/mol. The molecule has 0 atom stereocenters. The normalized spacial score (nSPS) is 16.0. The van der Waals surface area contributed by atoms with Crippen LogP contribution in [0.2, 0.25) is 0 Å². The van der Waals surface area contributed by atoms with Crippen molar-refractivity contribution >= 4 is 28.2 Å². The fraction of sp³-hybridized carbons (Fsp3) is 0.238. The summed E-state index contributed by atoms with van der Waals surface area (Å²) in [4.78, 5) is 30.4. The third-order valence-corrected chi connectivity index (χ3v) is 11.4. The van der Waals surface area contributed by atoms with Crippen LogP contribution < -0.4 is 10.2 Å². The summed E-state index contributed by atoms with van der Waals surface area (Å²) in [6, 6.07) is 38.7. The molecule has 1 fully saturated rings. The minimum atomic E-state index is -1.21. The lowest BCUT2D eigenvalue weighted by Crippen LogP contribution is -2.54. The van der Waals surface area contributed by atoms with Crippen molar-refractivity contribution in [3.05, 3.63) is 158 Å². The Bertz CT molecular complexity index is 2160. The van der Waals surface area contributed by atoms with Gasteiger partial charge in [0.2, 0.25) is 5.43 Å². The Morgan fingerprint density at radius 3 is 1.96 bits per heavy atom. The Morgan fingerprint density at radius 1 is 0.878 bits per heavy atom. The summed E-state index contributed by atoms with van der Waals surface area (Å²) in [5, 5.41) is 10.2. The van der Waals surface area contributed by atoms with E-state index in [-0.39, 0.29) is 17.0 Å². The van der Waals surface area contributed by atoms with Crippen molar-refractivity contribution in [2.24, 2.45) is 0 Å². The van der Waals surface area contributed by atoms with Gasteiger partial charge in [-0.15, -0.1) is 11.3 Å². The molecule has 1 saturated carbocycles. The zero-order chi connectivity index (χ0) is 33.9. The Kier molecular flexibility index (Phi) is 7.58. The molecule has 0 saturated heterocycles. The number of fused-ring (bicyclic) bond motifs is 2. The maximum absolute atomic E-state index is 13.4. The first-order valence-corrected chi connectivity index (χ1v) is 17.6. The van der Waals surface area contributed by atoms with Crippen molar-refractivity contribution in [2.75, 3.05) is 13.7 Å². The van der Waals surface area contributed by atoms with Gasteiger partial charge in [-0.1, -0.05) is 105 Å². The standard InChI is InChI=1S/C42H38N2O4S/c1-41(2)26-43(42(27-13-7-4-8-14-27,28-15-9-5-10-16-28)29-17-11-6-12-18-29)25-36-34(41)23-35(49-36)31-21-22-32-37(39(31)48-3)44(30-19-20-30)24-33(38(32)45)40(46)47/h4-18,21-24,30H,19-20,25-26H2,1-3H3,(H,46,47). The molecular formula is C42H38N2O4S. The zero-order valence-electron chi connectivity index (χ0n) is 27.9. The lowest BCUT2D eigenvalue weighted by molar-refractivity contribution is 0.0694. The summed E-state index contributed by atoms with van der Waals surface area (Å²) in [7, 11) is 1.64. The number of nitrogens with zero attached hydrogens (tertiary/aromatic N) is 2. The summed E-state index contributed by atoms with van der Waals surface area (Å²) >= 11 is 1.77. The van der Waals surface area contributed by atoms with Gasteiger partial charge in [0.05, 0.1) is 23.6 Å². The second-order valence-electron chi connectivity index (χ2n) is 13.9. The van der Waals surface area contributed by atoms with Gasteiger partial charge in [0.25, 0.3) is 0 Å². The number of methoxy groups -OCH3 is 1. The molecule has 2 aliphatic rings. The number of aromatic nitrogens is 1. The molecule has 7 heteroatoms. The van der Waals surface area contributed by atoms with Crippen LogP contribution in [0.5, 0.6) is 5.75 Å². The first-order chi connectivity index (χ1) is 23.7. The molecule has 8 rings (SSSR count). The van der Waals surface area contributed by atoms with Crippen LogP contribution in [0, 0.1) is 0 Å². The SMILES string of the molecule is COc1c(-c2cc3c(s2)CN(C(c2ccccc2)(c2ccccc2)c2ccccc2)CC3(C)C)ccc2c(=O)c(C(=O)O)cn(C3CC3)c12. The van der Waals surface area contributed by atoms with Crippen molar-refractivity contribution in [3.63, 3.8) is 0 Å². The van der Waals surface area contributed by atoms with Gasteiger partial charge >= 0.3 is 5.97 Å². The highest BCUT2D eigenvalue weighted by molar-refractivity contribution is 7.15. The molecule has 3 heterocycles. The number of hydrogen-bond donors (Lipinski definition) is 1. The van der Waals surface area contributed by atoms with E-state index in [0.29, 0.717) is 16.7 Å². The summed E-state index contributed by atoms with van der Waals surface area (Å²) in [5.41, 5.74) is 5.14. The first kappa shape index (κ1) is 31.3. The van der Waals surface area contributed by atoms with E-state index in [4.69, 9.17) is 4.74 Å². The summed E-state index contributed by atoms with van der Waals surface area (Å²) in [6.45, 7) is 6.22. The van der Waals surface area contributed by atoms with E-state index in [2.05, 4.69) is 116 Å². The number of benzene rings is 4. The molecule has 2 aromatic heterocycles. The molecule has 0 amide bonds. The Hall–Kier alpha value is -4.98. The smallest absolute Gasteiger partial charge is 0.341 e. The second kappa shape index (κ2) is 11.9. The van der Waals surface area contributed by atoms with E-state index in [1.807, 2.05) is 10.6 Å². The van der Waals surface area contributed by atoms with E-state index in [0.717, 1.165) is 36.4 Å². The molecule has 0 bridgehead atoms. The molecule has 1 aliphatic heterocycles. The number of carboxylic acid groups (broad SMARTS) is 1. The van der Waals surface area contributed by atoms with Crippen LogP contribution >= 0.6 is 11.3 Å². The maximum Gasteiger partial charge on any atom is 0.341 e. The number of hydrogen-bond acceptors (Lipinski definition) is 5. The van der Waals surface area contributed by atoms with Crippen molar-refractivity contribution in [2.45, 2.75) is 50.2 Å². The van der Waals surface area contributed by atoms with Crippen LogP contribution in [0.3, 0.4) is 0 Å². The average Bonchev–Trinajstić information content (AvgIpc) is 3.87. The molecule has 246 valence electrons. The number of thiophene rings is 1. The molecule has 0 radical (unpaired) electrons. The number of pyridine rings is 1. The Morgan fingerprint density at radius 2 is 1.45 bits per heavy atom. The molecule has 4 aromatic carbocycles. The Balaban J connectivity index is 1.31. The highest BCUT2D eigenvalue weighted by atomic mass is 32.1. The number of ether oxygens (including phenoxy) is 1. The van der Waals surface area contributed by atoms with Crippen LogP contribution in [0.4, 0.5) is 0 Å². The number of aromatic carboxylic acids is 1. The van der Waals surface area contributed by atoms with Gasteiger partial charge in [-0.2, -0.15) is 0 Å². The van der Waals surface area contributed by atoms with Crippen molar-refractivity contribution in [3.8, 4) is 16.2 Å². The quantitative estimate of drug-likeness (QED) is 0.164. The predicted molar refractivity (Wildman–Crippen MR) is 196 cm³/mol. The minimum absolute atomic E-state index is 0.150. The molecule has 1 aliphatic carbocycles. The second-order valence-corrected chi connectivity index (χ2v) is 15.0. The van der Waals surface area contributed by atoms with E-state index in [1.165, 1.54) is 33.3 Å². The predicted octanol–water partition coefficient (Wildman–Crippen LogP) is 8.86. The molecule has 0 spiro atoms. The van der Waals surface area contributed by atoms with E-state index in [9.17, 15) is 14.7 Å². The molecule has 1 N–H and O–H groups in total. The fourth-order valence-corrected chi connectivity index (χ4v) is 9.36. The van der Waals surface area contributed by atoms with Crippen LogP contribution in [0.1, 0.15) is 70.2 Å². The van der Waals surface area contributed by atoms with Gasteiger partial charge in [0.1, 0.15) is 5.56 Å².